The van der Waals surface area contributed by atoms with E-state index >= 15 is 0 Å². The van der Waals surface area contributed by atoms with Crippen LogP contribution in [0.5, 0.6) is 0 Å². The Morgan fingerprint density at radius 2 is 2.08 bits per heavy atom. The van der Waals surface area contributed by atoms with Crippen LogP contribution in [-0.2, 0) is 19.2 Å². The van der Waals surface area contributed by atoms with E-state index < -0.39 is 11.9 Å². The molecular formula is C6H7NO5. The van der Waals surface area contributed by atoms with Crippen LogP contribution in [0.1, 0.15) is 19.3 Å². The van der Waals surface area contributed by atoms with E-state index in [1.807, 2.05) is 0 Å². The Morgan fingerprint density at radius 1 is 1.42 bits per heavy atom. The Balaban J connectivity index is 3.44. The average Bonchev–Trinajstić information content (AvgIpc) is 2.00. The van der Waals surface area contributed by atoms with Crippen LogP contribution in [0, 0.1) is 0 Å². The zero-order valence-electron chi connectivity index (χ0n) is 6.15. The fraction of sp³-hybridized carbons (Fsp3) is 0.500. The second-order valence-corrected chi connectivity index (χ2v) is 1.89. The highest BCUT2D eigenvalue weighted by Crippen LogP contribution is 1.97. The molecule has 0 atom stereocenters. The molecule has 0 aliphatic rings. The van der Waals surface area contributed by atoms with Gasteiger partial charge in [0.25, 0.3) is 6.08 Å². The van der Waals surface area contributed by atoms with Crippen LogP contribution in [0.2, 0.25) is 0 Å². The summed E-state index contributed by atoms with van der Waals surface area (Å²) in [5, 5.41) is 10.7. The first-order chi connectivity index (χ1) is 5.66. The SMILES string of the molecule is O=C=NOC(=O)CCCC(=O)O. The summed E-state index contributed by atoms with van der Waals surface area (Å²) in [4.78, 5) is 33.8. The summed E-state index contributed by atoms with van der Waals surface area (Å²) < 4.78 is 0. The molecule has 0 aliphatic heterocycles. The smallest absolute Gasteiger partial charge is 0.336 e. The quantitative estimate of drug-likeness (QED) is 0.274. The van der Waals surface area contributed by atoms with E-state index in [9.17, 15) is 14.4 Å². The molecule has 12 heavy (non-hydrogen) atoms. The highest BCUT2D eigenvalue weighted by Gasteiger charge is 2.04. The summed E-state index contributed by atoms with van der Waals surface area (Å²) in [6.07, 6.45) is 0.999. The maximum atomic E-state index is 10.5. The highest BCUT2D eigenvalue weighted by molar-refractivity contribution is 5.71. The maximum absolute atomic E-state index is 10.5. The lowest BCUT2D eigenvalue weighted by Crippen LogP contribution is -2.01. The molecular weight excluding hydrogens is 166 g/mol. The fourth-order valence-corrected chi connectivity index (χ4v) is 0.499. The highest BCUT2D eigenvalue weighted by atomic mass is 16.7. The predicted octanol–water partition coefficient (Wildman–Crippen LogP) is 0.0353. The van der Waals surface area contributed by atoms with Crippen molar-refractivity contribution < 1.29 is 24.3 Å². The van der Waals surface area contributed by atoms with Crippen molar-refractivity contribution in [1.82, 2.24) is 0 Å². The Bertz CT molecular complexity index is 218. The molecule has 66 valence electrons. The van der Waals surface area contributed by atoms with Gasteiger partial charge in [0.1, 0.15) is 0 Å². The monoisotopic (exact) mass is 173 g/mol. The summed E-state index contributed by atoms with van der Waals surface area (Å²) in [5.74, 6) is -1.72. The number of isocyanates is 1. The lowest BCUT2D eigenvalue weighted by molar-refractivity contribution is -0.144. The van der Waals surface area contributed by atoms with E-state index in [1.54, 1.807) is 0 Å². The van der Waals surface area contributed by atoms with Gasteiger partial charge >= 0.3 is 11.9 Å². The topological polar surface area (TPSA) is 93.0 Å². The van der Waals surface area contributed by atoms with E-state index in [1.165, 1.54) is 0 Å². The van der Waals surface area contributed by atoms with Gasteiger partial charge in [-0.15, -0.1) is 0 Å². The van der Waals surface area contributed by atoms with Crippen molar-refractivity contribution in [3.05, 3.63) is 0 Å². The number of rotatable bonds is 5. The minimum Gasteiger partial charge on any atom is -0.481 e. The number of hydrogen-bond donors (Lipinski definition) is 1. The first-order valence-electron chi connectivity index (χ1n) is 3.15. The van der Waals surface area contributed by atoms with Gasteiger partial charge in [-0.05, 0) is 6.42 Å². The maximum Gasteiger partial charge on any atom is 0.336 e. The number of carbonyl (C=O) groups excluding carboxylic acids is 2. The van der Waals surface area contributed by atoms with Gasteiger partial charge in [-0.3, -0.25) is 4.79 Å². The molecule has 0 heterocycles. The Morgan fingerprint density at radius 3 is 2.58 bits per heavy atom. The van der Waals surface area contributed by atoms with Gasteiger partial charge in [-0.25, -0.2) is 9.59 Å². The van der Waals surface area contributed by atoms with Gasteiger partial charge in [-0.1, -0.05) is 0 Å². The third-order valence-electron chi connectivity index (χ3n) is 0.956. The minimum absolute atomic E-state index is 0.0719. The van der Waals surface area contributed by atoms with Gasteiger partial charge in [0, 0.05) is 18.0 Å². The van der Waals surface area contributed by atoms with Crippen LogP contribution in [0.4, 0.5) is 0 Å². The molecule has 0 aromatic rings. The first-order valence-corrected chi connectivity index (χ1v) is 3.15. The number of carboxylic acids is 1. The molecule has 0 aromatic heterocycles. The lowest BCUT2D eigenvalue weighted by atomic mass is 10.2. The minimum atomic E-state index is -0.985. The number of carbonyl (C=O) groups is 2. The molecule has 0 radical (unpaired) electrons. The van der Waals surface area contributed by atoms with Crippen LogP contribution in [-0.4, -0.2) is 23.1 Å². The molecule has 6 nitrogen and oxygen atoms in total. The third-order valence-corrected chi connectivity index (χ3v) is 0.956. The van der Waals surface area contributed by atoms with Crippen LogP contribution in [0.25, 0.3) is 0 Å². The molecule has 0 unspecified atom stereocenters. The van der Waals surface area contributed by atoms with Crippen molar-refractivity contribution in [3.8, 4) is 0 Å². The van der Waals surface area contributed by atoms with E-state index in [4.69, 9.17) is 5.11 Å². The van der Waals surface area contributed by atoms with Gasteiger partial charge < -0.3 is 9.94 Å². The normalized spacial score (nSPS) is 8.33. The molecule has 0 spiro atoms. The fourth-order valence-electron chi connectivity index (χ4n) is 0.499. The van der Waals surface area contributed by atoms with E-state index in [-0.39, 0.29) is 19.3 Å². The zero-order chi connectivity index (χ0) is 9.40. The summed E-state index contributed by atoms with van der Waals surface area (Å²) in [5.41, 5.74) is 0. The van der Waals surface area contributed by atoms with Gasteiger partial charge in [0.15, 0.2) is 0 Å². The summed E-state index contributed by atoms with van der Waals surface area (Å²) >= 11 is 0. The number of hydrogen-bond acceptors (Lipinski definition) is 5. The Kier molecular flexibility index (Phi) is 5.21. The van der Waals surface area contributed by atoms with Gasteiger partial charge in [0.05, 0.1) is 0 Å². The van der Waals surface area contributed by atoms with Gasteiger partial charge in [-0.2, -0.15) is 0 Å². The van der Waals surface area contributed by atoms with Crippen molar-refractivity contribution in [3.63, 3.8) is 0 Å². The molecule has 0 bridgehead atoms. The van der Waals surface area contributed by atoms with Crippen molar-refractivity contribution in [2.75, 3.05) is 0 Å². The largest absolute Gasteiger partial charge is 0.481 e. The summed E-state index contributed by atoms with van der Waals surface area (Å²) in [7, 11) is 0. The molecule has 0 rings (SSSR count). The standard InChI is InChI=1S/C6H7NO5/c8-4-7-12-6(11)3-1-2-5(9)10/h1-3H2,(H,9,10). The molecule has 1 N–H and O–H groups in total. The zero-order valence-corrected chi connectivity index (χ0v) is 6.15. The Hall–Kier alpha value is -1.68. The predicted molar refractivity (Wildman–Crippen MR) is 35.7 cm³/mol. The van der Waals surface area contributed by atoms with Crippen molar-refractivity contribution in [2.24, 2.45) is 5.16 Å². The number of carboxylic acid groups (broad SMARTS) is 1. The third kappa shape index (κ3) is 6.44. The van der Waals surface area contributed by atoms with E-state index in [0.717, 1.165) is 6.08 Å². The summed E-state index contributed by atoms with van der Waals surface area (Å²) in [6.45, 7) is 0. The summed E-state index contributed by atoms with van der Waals surface area (Å²) in [6, 6.07) is 0. The average molecular weight is 173 g/mol. The molecule has 0 saturated carbocycles. The molecule has 6 heteroatoms. The van der Waals surface area contributed by atoms with Crippen molar-refractivity contribution in [2.45, 2.75) is 19.3 Å². The van der Waals surface area contributed by atoms with Crippen molar-refractivity contribution >= 4 is 18.0 Å². The second-order valence-electron chi connectivity index (χ2n) is 1.89. The number of aliphatic carboxylic acids is 1. The van der Waals surface area contributed by atoms with Crippen LogP contribution in [0.3, 0.4) is 0 Å². The second kappa shape index (κ2) is 6.06. The molecule has 0 amide bonds. The van der Waals surface area contributed by atoms with E-state index in [0.29, 0.717) is 0 Å². The molecule has 0 aromatic carbocycles. The van der Waals surface area contributed by atoms with Gasteiger partial charge in [0.2, 0.25) is 0 Å². The lowest BCUT2D eigenvalue weighted by Gasteiger charge is -1.93. The molecule has 0 aliphatic carbocycles. The van der Waals surface area contributed by atoms with E-state index in [2.05, 4.69) is 9.99 Å². The van der Waals surface area contributed by atoms with Crippen LogP contribution in [0.15, 0.2) is 5.16 Å². The molecule has 0 fully saturated rings. The Labute approximate surface area is 67.8 Å². The number of nitrogens with zero attached hydrogens (tertiary/aromatic N) is 1. The van der Waals surface area contributed by atoms with Crippen molar-refractivity contribution in [1.29, 1.82) is 0 Å². The molecule has 0 saturated heterocycles. The van der Waals surface area contributed by atoms with Crippen LogP contribution >= 0.6 is 0 Å². The first kappa shape index (κ1) is 10.3. The van der Waals surface area contributed by atoms with Crippen LogP contribution < -0.4 is 0 Å².